The van der Waals surface area contributed by atoms with Crippen LogP contribution in [-0.4, -0.2) is 44.6 Å². The Hall–Kier alpha value is -5.61. The molecule has 0 saturated heterocycles. The van der Waals surface area contributed by atoms with E-state index in [0.29, 0.717) is 11.2 Å². The molecular formula is C38H32F3N5O2. The lowest BCUT2D eigenvalue weighted by molar-refractivity contribution is 0.0947. The molecule has 7 nitrogen and oxygen atoms in total. The molecule has 0 aliphatic carbocycles. The lowest BCUT2D eigenvalue weighted by Gasteiger charge is -2.16. The van der Waals surface area contributed by atoms with Crippen LogP contribution in [0.25, 0.3) is 16.8 Å². The van der Waals surface area contributed by atoms with Gasteiger partial charge >= 0.3 is 0 Å². The van der Waals surface area contributed by atoms with Gasteiger partial charge in [0.05, 0.1) is 11.9 Å². The molecule has 0 aliphatic rings. The number of nitrogens with one attached hydrogen (secondary N) is 1. The summed E-state index contributed by atoms with van der Waals surface area (Å²) < 4.78 is 43.1. The third-order valence-corrected chi connectivity index (χ3v) is 8.11. The van der Waals surface area contributed by atoms with E-state index < -0.39 is 23.4 Å². The van der Waals surface area contributed by atoms with Crippen LogP contribution in [0, 0.1) is 17.5 Å². The molecule has 48 heavy (non-hydrogen) atoms. The lowest BCUT2D eigenvalue weighted by Crippen LogP contribution is -2.23. The number of pyridine rings is 2. The number of hydrogen-bond acceptors (Lipinski definition) is 5. The summed E-state index contributed by atoms with van der Waals surface area (Å²) in [7, 11) is 2.08. The van der Waals surface area contributed by atoms with E-state index in [1.807, 2.05) is 48.7 Å². The second-order valence-electron chi connectivity index (χ2n) is 11.6. The maximum Gasteiger partial charge on any atom is 0.251 e. The smallest absolute Gasteiger partial charge is 0.251 e. The Morgan fingerprint density at radius 3 is 2.38 bits per heavy atom. The van der Waals surface area contributed by atoms with Crippen molar-refractivity contribution in [3.8, 4) is 11.1 Å². The highest BCUT2D eigenvalue weighted by molar-refractivity contribution is 5.98. The van der Waals surface area contributed by atoms with Crippen molar-refractivity contribution in [1.29, 1.82) is 0 Å². The van der Waals surface area contributed by atoms with Crippen molar-refractivity contribution in [2.45, 2.75) is 25.9 Å². The summed E-state index contributed by atoms with van der Waals surface area (Å²) in [6.07, 6.45) is 5.69. The van der Waals surface area contributed by atoms with Crippen LogP contribution in [0.2, 0.25) is 0 Å². The van der Waals surface area contributed by atoms with Crippen molar-refractivity contribution >= 4 is 17.3 Å². The second-order valence-corrected chi connectivity index (χ2v) is 11.6. The molecule has 0 atom stereocenters. The number of nitrogens with zero attached hydrogens (tertiary/aromatic N) is 4. The van der Waals surface area contributed by atoms with Gasteiger partial charge in [-0.25, -0.2) is 18.2 Å². The molecule has 0 bridgehead atoms. The van der Waals surface area contributed by atoms with Crippen LogP contribution in [0.5, 0.6) is 0 Å². The van der Waals surface area contributed by atoms with E-state index in [1.165, 1.54) is 30.0 Å². The minimum absolute atomic E-state index is 0.0453. The van der Waals surface area contributed by atoms with Crippen molar-refractivity contribution < 1.29 is 22.8 Å². The van der Waals surface area contributed by atoms with Crippen LogP contribution < -0.4 is 5.32 Å². The van der Waals surface area contributed by atoms with Gasteiger partial charge < -0.3 is 10.2 Å². The monoisotopic (exact) mass is 647 g/mol. The average molecular weight is 648 g/mol. The molecule has 10 heteroatoms. The van der Waals surface area contributed by atoms with Crippen LogP contribution >= 0.6 is 0 Å². The molecular weight excluding hydrogens is 615 g/mol. The molecule has 1 N–H and O–H groups in total. The fourth-order valence-electron chi connectivity index (χ4n) is 5.42. The molecule has 0 radical (unpaired) electrons. The fourth-order valence-corrected chi connectivity index (χ4v) is 5.42. The van der Waals surface area contributed by atoms with Crippen LogP contribution in [-0.2, 0) is 25.9 Å². The minimum atomic E-state index is -1.02. The van der Waals surface area contributed by atoms with Crippen LogP contribution in [0.4, 0.5) is 13.2 Å². The van der Waals surface area contributed by atoms with Crippen LogP contribution in [0.1, 0.15) is 43.2 Å². The number of hydrogen-bond donors (Lipinski definition) is 1. The number of benzene rings is 3. The van der Waals surface area contributed by atoms with E-state index in [2.05, 4.69) is 39.4 Å². The topological polar surface area (TPSA) is 79.6 Å². The zero-order valence-corrected chi connectivity index (χ0v) is 26.2. The molecule has 6 rings (SSSR count). The predicted octanol–water partition coefficient (Wildman–Crippen LogP) is 6.84. The number of fused-ring (bicyclic) bond motifs is 1. The van der Waals surface area contributed by atoms with Crippen molar-refractivity contribution in [3.05, 3.63) is 161 Å². The Kier molecular flexibility index (Phi) is 9.73. The Morgan fingerprint density at radius 1 is 0.792 bits per heavy atom. The normalized spacial score (nSPS) is 11.3. The molecule has 1 amide bonds. The summed E-state index contributed by atoms with van der Waals surface area (Å²) >= 11 is 0. The standard InChI is InChI=1S/C38H32F3N5O2/c1-45(15-13-25-5-3-2-4-6-25)24-31-10-8-29(22-42-31)27-14-16-46-35(23-43-37(46)20-27)36(47)19-30-18-28(9-12-32(30)39)38(48)44-21-26-7-11-33(40)34(41)17-26/h2-12,14,16-18,20,22-23H,13,15,19,21,24H2,1H3,(H,44,48). The Balaban J connectivity index is 1.09. The first kappa shape index (κ1) is 32.3. The second kappa shape index (κ2) is 14.4. The number of ketones is 1. The third-order valence-electron chi connectivity index (χ3n) is 8.11. The predicted molar refractivity (Wildman–Crippen MR) is 177 cm³/mol. The number of carbonyl (C=O) groups excluding carboxylic acids is 2. The number of halogens is 3. The number of Topliss-reactive ketones (excluding diaryl/α,β-unsaturated/α-hetero) is 1. The highest BCUT2D eigenvalue weighted by atomic mass is 19.2. The van der Waals surface area contributed by atoms with Gasteiger partial charge in [-0.3, -0.25) is 19.0 Å². The Bertz CT molecular complexity index is 2080. The first-order valence-corrected chi connectivity index (χ1v) is 15.4. The van der Waals surface area contributed by atoms with Gasteiger partial charge in [-0.1, -0.05) is 42.5 Å². The number of rotatable bonds is 12. The summed E-state index contributed by atoms with van der Waals surface area (Å²) in [5.41, 5.74) is 5.41. The van der Waals surface area contributed by atoms with Gasteiger partial charge in [0.2, 0.25) is 0 Å². The number of amides is 1. The molecule has 242 valence electrons. The maximum absolute atomic E-state index is 14.7. The van der Waals surface area contributed by atoms with E-state index in [0.717, 1.165) is 54.5 Å². The minimum Gasteiger partial charge on any atom is -0.348 e. The van der Waals surface area contributed by atoms with E-state index in [-0.39, 0.29) is 35.6 Å². The number of aromatic nitrogens is 3. The van der Waals surface area contributed by atoms with Crippen molar-refractivity contribution in [3.63, 3.8) is 0 Å². The SMILES string of the molecule is CN(CCc1ccccc1)Cc1ccc(-c2ccn3c(C(=O)Cc4cc(C(=O)NCc5ccc(F)c(F)c5)ccc4F)cnc3c2)cn1. The molecule has 3 aromatic carbocycles. The van der Waals surface area contributed by atoms with E-state index in [9.17, 15) is 22.8 Å². The quantitative estimate of drug-likeness (QED) is 0.147. The van der Waals surface area contributed by atoms with Crippen molar-refractivity contribution in [1.82, 2.24) is 24.6 Å². The van der Waals surface area contributed by atoms with Gasteiger partial charge in [-0.15, -0.1) is 0 Å². The lowest BCUT2D eigenvalue weighted by atomic mass is 10.0. The fraction of sp³-hybridized carbons (Fsp3) is 0.158. The van der Waals surface area contributed by atoms with Gasteiger partial charge in [0.1, 0.15) is 17.2 Å². The Labute approximate surface area is 275 Å². The number of imidazole rings is 1. The highest BCUT2D eigenvalue weighted by Gasteiger charge is 2.18. The largest absolute Gasteiger partial charge is 0.348 e. The molecule has 0 aliphatic heterocycles. The molecule has 6 aromatic rings. The van der Waals surface area contributed by atoms with Gasteiger partial charge in [-0.05, 0) is 84.3 Å². The Morgan fingerprint density at radius 2 is 1.60 bits per heavy atom. The van der Waals surface area contributed by atoms with Gasteiger partial charge in [0, 0.05) is 49.6 Å². The summed E-state index contributed by atoms with van der Waals surface area (Å²) in [4.78, 5) is 37.3. The van der Waals surface area contributed by atoms with Gasteiger partial charge in [0.25, 0.3) is 5.91 Å². The van der Waals surface area contributed by atoms with Crippen LogP contribution in [0.15, 0.2) is 110 Å². The summed E-state index contributed by atoms with van der Waals surface area (Å²) in [5.74, 6) is -3.56. The molecule has 0 unspecified atom stereocenters. The van der Waals surface area contributed by atoms with Gasteiger partial charge in [0.15, 0.2) is 17.4 Å². The van der Waals surface area contributed by atoms with Gasteiger partial charge in [-0.2, -0.15) is 0 Å². The first-order chi connectivity index (χ1) is 23.2. The zero-order valence-electron chi connectivity index (χ0n) is 26.2. The van der Waals surface area contributed by atoms with Crippen molar-refractivity contribution in [2.75, 3.05) is 13.6 Å². The summed E-state index contributed by atoms with van der Waals surface area (Å²) in [5, 5.41) is 2.60. The maximum atomic E-state index is 14.7. The highest BCUT2D eigenvalue weighted by Crippen LogP contribution is 2.22. The number of carbonyl (C=O) groups is 2. The molecule has 3 aromatic heterocycles. The number of likely N-dealkylation sites (N-methyl/N-ethyl adjacent to an activating group) is 1. The summed E-state index contributed by atoms with van der Waals surface area (Å²) in [6.45, 7) is 1.59. The molecule has 0 saturated carbocycles. The average Bonchev–Trinajstić information content (AvgIpc) is 3.53. The molecule has 3 heterocycles. The first-order valence-electron chi connectivity index (χ1n) is 15.4. The summed E-state index contributed by atoms with van der Waals surface area (Å²) in [6, 6.07) is 25.2. The van der Waals surface area contributed by atoms with E-state index >= 15 is 0 Å². The molecule has 0 spiro atoms. The zero-order chi connectivity index (χ0) is 33.6. The van der Waals surface area contributed by atoms with E-state index in [1.54, 1.807) is 10.6 Å². The third kappa shape index (κ3) is 7.67. The molecule has 0 fully saturated rings. The van der Waals surface area contributed by atoms with E-state index in [4.69, 9.17) is 0 Å². The van der Waals surface area contributed by atoms with Crippen LogP contribution in [0.3, 0.4) is 0 Å². The van der Waals surface area contributed by atoms with Crippen molar-refractivity contribution in [2.24, 2.45) is 0 Å².